The molecule has 3 aromatic carbocycles. The monoisotopic (exact) mass is 531 g/mol. The predicted molar refractivity (Wildman–Crippen MR) is 146 cm³/mol. The number of carbonyl (C=O) groups is 2. The molecule has 0 aromatic heterocycles. The highest BCUT2D eigenvalue weighted by molar-refractivity contribution is 6.30. The standard InChI is InChI=1S/C31H30ClNO5/c1-3-36-30(34)27-19-33(18-22-13-15-25(32)16-14-22)20-28(31(35)37-4-2)29(27)24-11-8-12-26(17-24)38-21-23-9-6-5-7-10-23/h5-17,19-20,29H,3-4,18,21H2,1-2H3. The van der Waals surface area contributed by atoms with Gasteiger partial charge in [0.2, 0.25) is 0 Å². The quantitative estimate of drug-likeness (QED) is 0.282. The Bertz CT molecular complexity index is 1280. The lowest BCUT2D eigenvalue weighted by Gasteiger charge is -2.30. The van der Waals surface area contributed by atoms with E-state index >= 15 is 0 Å². The molecule has 0 bridgehead atoms. The fourth-order valence-electron chi connectivity index (χ4n) is 4.26. The summed E-state index contributed by atoms with van der Waals surface area (Å²) in [4.78, 5) is 28.2. The number of carbonyl (C=O) groups excluding carboxylic acids is 2. The second kappa shape index (κ2) is 13.0. The van der Waals surface area contributed by atoms with E-state index in [0.717, 1.165) is 16.7 Å². The van der Waals surface area contributed by atoms with E-state index in [1.54, 1.807) is 43.3 Å². The molecule has 38 heavy (non-hydrogen) atoms. The van der Waals surface area contributed by atoms with Crippen molar-refractivity contribution in [1.29, 1.82) is 0 Å². The van der Waals surface area contributed by atoms with Crippen LogP contribution in [-0.2, 0) is 32.2 Å². The molecule has 7 heteroatoms. The number of esters is 2. The molecule has 0 radical (unpaired) electrons. The summed E-state index contributed by atoms with van der Waals surface area (Å²) in [6.07, 6.45) is 3.47. The Kier molecular flexibility index (Phi) is 9.22. The average molecular weight is 532 g/mol. The Morgan fingerprint density at radius 2 is 1.42 bits per heavy atom. The lowest BCUT2D eigenvalue weighted by atomic mass is 9.83. The number of nitrogens with zero attached hydrogens (tertiary/aromatic N) is 1. The minimum Gasteiger partial charge on any atom is -0.489 e. The van der Waals surface area contributed by atoms with Crippen molar-refractivity contribution in [2.45, 2.75) is 32.9 Å². The Morgan fingerprint density at radius 1 is 0.789 bits per heavy atom. The Morgan fingerprint density at radius 3 is 2.03 bits per heavy atom. The predicted octanol–water partition coefficient (Wildman–Crippen LogP) is 6.41. The summed E-state index contributed by atoms with van der Waals surface area (Å²) in [7, 11) is 0. The zero-order chi connectivity index (χ0) is 26.9. The van der Waals surface area contributed by atoms with Gasteiger partial charge in [-0.2, -0.15) is 0 Å². The molecule has 0 spiro atoms. The van der Waals surface area contributed by atoms with Crippen LogP contribution in [0.4, 0.5) is 0 Å². The zero-order valence-electron chi connectivity index (χ0n) is 21.4. The molecule has 4 rings (SSSR count). The maximum absolute atomic E-state index is 13.2. The van der Waals surface area contributed by atoms with Gasteiger partial charge in [0.25, 0.3) is 0 Å². The largest absolute Gasteiger partial charge is 0.489 e. The maximum atomic E-state index is 13.2. The van der Waals surface area contributed by atoms with Gasteiger partial charge in [-0.15, -0.1) is 0 Å². The molecule has 3 aromatic rings. The van der Waals surface area contributed by atoms with Crippen molar-refractivity contribution >= 4 is 23.5 Å². The van der Waals surface area contributed by atoms with Crippen molar-refractivity contribution in [3.63, 3.8) is 0 Å². The van der Waals surface area contributed by atoms with Crippen molar-refractivity contribution in [1.82, 2.24) is 4.90 Å². The average Bonchev–Trinajstić information content (AvgIpc) is 2.94. The molecule has 0 atom stereocenters. The third-order valence-electron chi connectivity index (χ3n) is 5.97. The molecule has 1 aliphatic heterocycles. The topological polar surface area (TPSA) is 65.1 Å². The van der Waals surface area contributed by atoms with Crippen LogP contribution in [-0.4, -0.2) is 30.1 Å². The first-order chi connectivity index (χ1) is 18.5. The van der Waals surface area contributed by atoms with Gasteiger partial charge in [-0.3, -0.25) is 0 Å². The normalized spacial score (nSPS) is 13.4. The second-order valence-electron chi connectivity index (χ2n) is 8.69. The van der Waals surface area contributed by atoms with E-state index in [-0.39, 0.29) is 13.2 Å². The van der Waals surface area contributed by atoms with Gasteiger partial charge in [0.15, 0.2) is 0 Å². The number of rotatable bonds is 10. The zero-order valence-corrected chi connectivity index (χ0v) is 22.2. The fraction of sp³-hybridized carbons (Fsp3) is 0.226. The molecular formula is C31H30ClNO5. The van der Waals surface area contributed by atoms with Crippen LogP contribution < -0.4 is 4.74 Å². The van der Waals surface area contributed by atoms with Crippen LogP contribution >= 0.6 is 11.6 Å². The first-order valence-electron chi connectivity index (χ1n) is 12.5. The molecule has 1 aliphatic rings. The van der Waals surface area contributed by atoms with E-state index in [1.807, 2.05) is 66.7 Å². The second-order valence-corrected chi connectivity index (χ2v) is 9.12. The number of hydrogen-bond donors (Lipinski definition) is 0. The highest BCUT2D eigenvalue weighted by Crippen LogP contribution is 2.38. The van der Waals surface area contributed by atoms with Crippen molar-refractivity contribution in [2.75, 3.05) is 13.2 Å². The van der Waals surface area contributed by atoms with Crippen LogP contribution in [0.25, 0.3) is 0 Å². The van der Waals surface area contributed by atoms with Gasteiger partial charge < -0.3 is 19.1 Å². The Hall–Kier alpha value is -4.03. The van der Waals surface area contributed by atoms with Crippen LogP contribution in [0.5, 0.6) is 5.75 Å². The lowest BCUT2D eigenvalue weighted by Crippen LogP contribution is -2.29. The molecule has 0 saturated carbocycles. The number of halogens is 1. The van der Waals surface area contributed by atoms with Gasteiger partial charge in [0.1, 0.15) is 12.4 Å². The molecule has 6 nitrogen and oxygen atoms in total. The molecule has 0 unspecified atom stereocenters. The fourth-order valence-corrected chi connectivity index (χ4v) is 4.38. The van der Waals surface area contributed by atoms with Gasteiger partial charge in [-0.25, -0.2) is 9.59 Å². The first-order valence-corrected chi connectivity index (χ1v) is 12.9. The van der Waals surface area contributed by atoms with E-state index in [9.17, 15) is 9.59 Å². The van der Waals surface area contributed by atoms with E-state index in [1.165, 1.54) is 0 Å². The minimum atomic E-state index is -0.685. The van der Waals surface area contributed by atoms with Gasteiger partial charge in [0.05, 0.1) is 30.3 Å². The van der Waals surface area contributed by atoms with Gasteiger partial charge >= 0.3 is 11.9 Å². The van der Waals surface area contributed by atoms with Crippen LogP contribution in [0.2, 0.25) is 5.02 Å². The highest BCUT2D eigenvalue weighted by atomic mass is 35.5. The summed E-state index contributed by atoms with van der Waals surface area (Å²) < 4.78 is 16.8. The van der Waals surface area contributed by atoms with Crippen LogP contribution in [0.15, 0.2) is 102 Å². The number of hydrogen-bond acceptors (Lipinski definition) is 6. The minimum absolute atomic E-state index is 0.207. The molecule has 0 fully saturated rings. The molecule has 1 heterocycles. The Labute approximate surface area is 228 Å². The smallest absolute Gasteiger partial charge is 0.336 e. The van der Waals surface area contributed by atoms with Gasteiger partial charge in [0, 0.05) is 24.0 Å². The number of benzene rings is 3. The summed E-state index contributed by atoms with van der Waals surface area (Å²) >= 11 is 6.04. The van der Waals surface area contributed by atoms with Crippen molar-refractivity contribution in [3.8, 4) is 5.75 Å². The third-order valence-corrected chi connectivity index (χ3v) is 6.22. The maximum Gasteiger partial charge on any atom is 0.336 e. The number of ether oxygens (including phenoxy) is 3. The SMILES string of the molecule is CCOC(=O)C1=CN(Cc2ccc(Cl)cc2)C=C(C(=O)OCC)C1c1cccc(OCc2ccccc2)c1. The summed E-state index contributed by atoms with van der Waals surface area (Å²) in [5.74, 6) is -1.05. The highest BCUT2D eigenvalue weighted by Gasteiger charge is 2.35. The van der Waals surface area contributed by atoms with Crippen LogP contribution in [0, 0.1) is 0 Å². The van der Waals surface area contributed by atoms with Crippen LogP contribution in [0.3, 0.4) is 0 Å². The molecule has 0 saturated heterocycles. The molecule has 0 amide bonds. The molecular weight excluding hydrogens is 502 g/mol. The van der Waals surface area contributed by atoms with E-state index < -0.39 is 17.9 Å². The summed E-state index contributed by atoms with van der Waals surface area (Å²) in [5.41, 5.74) is 3.40. The van der Waals surface area contributed by atoms with Crippen molar-refractivity contribution in [3.05, 3.63) is 124 Å². The van der Waals surface area contributed by atoms with E-state index in [2.05, 4.69) is 0 Å². The summed E-state index contributed by atoms with van der Waals surface area (Å²) in [6, 6.07) is 24.7. The third kappa shape index (κ3) is 6.84. The van der Waals surface area contributed by atoms with Crippen LogP contribution in [0.1, 0.15) is 36.5 Å². The summed E-state index contributed by atoms with van der Waals surface area (Å²) in [6.45, 7) is 4.74. The van der Waals surface area contributed by atoms with Gasteiger partial charge in [-0.05, 0) is 54.8 Å². The molecule has 0 N–H and O–H groups in total. The van der Waals surface area contributed by atoms with Crippen molar-refractivity contribution in [2.24, 2.45) is 0 Å². The van der Waals surface area contributed by atoms with E-state index in [0.29, 0.717) is 35.1 Å². The summed E-state index contributed by atoms with van der Waals surface area (Å²) in [5, 5.41) is 0.632. The Balaban J connectivity index is 1.70. The van der Waals surface area contributed by atoms with E-state index in [4.69, 9.17) is 25.8 Å². The molecule has 0 aliphatic carbocycles. The molecule has 196 valence electrons. The van der Waals surface area contributed by atoms with Gasteiger partial charge in [-0.1, -0.05) is 66.2 Å². The first kappa shape index (κ1) is 27.0. The van der Waals surface area contributed by atoms with Crippen molar-refractivity contribution < 1.29 is 23.8 Å². The lowest BCUT2D eigenvalue weighted by molar-refractivity contribution is -0.139.